The number of hydrogen-bond acceptors (Lipinski definition) is 0. The van der Waals surface area contributed by atoms with Crippen LogP contribution in [0.15, 0.2) is 0 Å². The van der Waals surface area contributed by atoms with Crippen molar-refractivity contribution in [2.24, 2.45) is 11.3 Å². The maximum Gasteiger partial charge on any atom is 0.0122 e. The highest BCUT2D eigenvalue weighted by Gasteiger charge is 2.34. The molecule has 0 aromatic carbocycles. The molecule has 0 amide bonds. The lowest BCUT2D eigenvalue weighted by molar-refractivity contribution is 0.112. The van der Waals surface area contributed by atoms with Crippen molar-refractivity contribution in [2.75, 3.05) is 0 Å². The average Bonchev–Trinajstić information content (AvgIpc) is 1.50. The molecule has 1 unspecified atom stereocenters. The maximum absolute atomic E-state index is 3.63. The summed E-state index contributed by atoms with van der Waals surface area (Å²) in [4.78, 5) is 0.679. The van der Waals surface area contributed by atoms with Gasteiger partial charge in [0.15, 0.2) is 0 Å². The van der Waals surface area contributed by atoms with E-state index in [1.54, 1.807) is 0 Å². The van der Waals surface area contributed by atoms with Crippen LogP contribution in [0.25, 0.3) is 0 Å². The Morgan fingerprint density at radius 2 is 2.00 bits per heavy atom. The predicted octanol–water partition coefficient (Wildman–Crippen LogP) is 3.99. The minimum atomic E-state index is 0.571. The summed E-state index contributed by atoms with van der Waals surface area (Å²) in [5.41, 5.74) is 0.571. The molecule has 0 spiro atoms. The number of rotatable bonds is 3. The molecular formula is C10H19Br. The first-order valence-electron chi connectivity index (χ1n) is 4.66. The molecule has 1 saturated carbocycles. The second-order valence-corrected chi connectivity index (χ2v) is 6.16. The first kappa shape index (κ1) is 9.57. The minimum Gasteiger partial charge on any atom is -0.0893 e. The van der Waals surface area contributed by atoms with E-state index >= 15 is 0 Å². The molecule has 1 atom stereocenters. The second kappa shape index (κ2) is 3.47. The molecule has 0 N–H and O–H groups in total. The molecule has 0 saturated heterocycles. The summed E-state index contributed by atoms with van der Waals surface area (Å²) < 4.78 is 0. The molecule has 0 aromatic rings. The van der Waals surface area contributed by atoms with Crippen LogP contribution in [-0.4, -0.2) is 4.83 Å². The second-order valence-electron chi connectivity index (χ2n) is 4.60. The van der Waals surface area contributed by atoms with Crippen molar-refractivity contribution >= 4 is 15.9 Å². The molecule has 11 heavy (non-hydrogen) atoms. The Kier molecular flexibility index (Phi) is 3.02. The molecule has 66 valence electrons. The molecule has 0 aromatic heterocycles. The van der Waals surface area contributed by atoms with Crippen LogP contribution in [0.1, 0.15) is 46.5 Å². The summed E-state index contributed by atoms with van der Waals surface area (Å²) in [7, 11) is 0. The summed E-state index contributed by atoms with van der Waals surface area (Å²) >= 11 is 3.63. The van der Waals surface area contributed by atoms with Gasteiger partial charge in [-0.05, 0) is 30.6 Å². The first-order valence-corrected chi connectivity index (χ1v) is 5.58. The minimum absolute atomic E-state index is 0.571. The number of halogens is 1. The van der Waals surface area contributed by atoms with Gasteiger partial charge >= 0.3 is 0 Å². The van der Waals surface area contributed by atoms with Crippen LogP contribution < -0.4 is 0 Å². The zero-order valence-electron chi connectivity index (χ0n) is 7.86. The highest BCUT2D eigenvalue weighted by atomic mass is 79.9. The van der Waals surface area contributed by atoms with Crippen LogP contribution in [-0.2, 0) is 0 Å². The van der Waals surface area contributed by atoms with Crippen LogP contribution in [0.4, 0.5) is 0 Å². The van der Waals surface area contributed by atoms with Gasteiger partial charge in [0.25, 0.3) is 0 Å². The van der Waals surface area contributed by atoms with Crippen LogP contribution >= 0.6 is 15.9 Å². The molecule has 0 radical (unpaired) electrons. The molecule has 1 fully saturated rings. The third kappa shape index (κ3) is 2.47. The zero-order valence-corrected chi connectivity index (χ0v) is 9.45. The largest absolute Gasteiger partial charge is 0.0893 e. The Bertz CT molecular complexity index is 123. The van der Waals surface area contributed by atoms with Crippen molar-refractivity contribution in [3.05, 3.63) is 0 Å². The van der Waals surface area contributed by atoms with Gasteiger partial charge in [0.05, 0.1) is 0 Å². The van der Waals surface area contributed by atoms with E-state index in [0.717, 1.165) is 5.92 Å². The summed E-state index contributed by atoms with van der Waals surface area (Å²) in [6, 6.07) is 0. The van der Waals surface area contributed by atoms with E-state index in [9.17, 15) is 0 Å². The maximum atomic E-state index is 3.63. The lowest BCUT2D eigenvalue weighted by atomic mass is 9.65. The standard InChI is InChI=1S/C10H19Br/c1-8(11)7-10(2,3)9-5-4-6-9/h8-9H,4-7H2,1-3H3. The Hall–Kier alpha value is 0.480. The fourth-order valence-electron chi connectivity index (χ4n) is 2.08. The third-order valence-corrected chi connectivity index (χ3v) is 3.34. The molecule has 1 aliphatic carbocycles. The van der Waals surface area contributed by atoms with Gasteiger partial charge in [-0.2, -0.15) is 0 Å². The number of hydrogen-bond donors (Lipinski definition) is 0. The monoisotopic (exact) mass is 218 g/mol. The van der Waals surface area contributed by atoms with Gasteiger partial charge in [0.2, 0.25) is 0 Å². The van der Waals surface area contributed by atoms with Crippen molar-refractivity contribution in [3.8, 4) is 0 Å². The van der Waals surface area contributed by atoms with Gasteiger partial charge in [0.1, 0.15) is 0 Å². The molecule has 1 aliphatic rings. The van der Waals surface area contributed by atoms with Gasteiger partial charge in [-0.15, -0.1) is 0 Å². The van der Waals surface area contributed by atoms with E-state index in [1.807, 2.05) is 0 Å². The average molecular weight is 219 g/mol. The van der Waals surface area contributed by atoms with E-state index in [-0.39, 0.29) is 0 Å². The first-order chi connectivity index (χ1) is 5.02. The summed E-state index contributed by atoms with van der Waals surface area (Å²) in [5.74, 6) is 1.00. The Labute approximate surface area is 78.9 Å². The van der Waals surface area contributed by atoms with Crippen LogP contribution in [0, 0.1) is 11.3 Å². The SMILES string of the molecule is CC(Br)CC(C)(C)C1CCC1. The fraction of sp³-hybridized carbons (Fsp3) is 1.00. The molecule has 1 heteroatoms. The summed E-state index contributed by atoms with van der Waals surface area (Å²) in [6.07, 6.45) is 5.71. The van der Waals surface area contributed by atoms with Gasteiger partial charge in [-0.3, -0.25) is 0 Å². The fourth-order valence-corrected chi connectivity index (χ4v) is 2.92. The van der Waals surface area contributed by atoms with Gasteiger partial charge in [-0.1, -0.05) is 43.1 Å². The van der Waals surface area contributed by atoms with Crippen molar-refractivity contribution in [3.63, 3.8) is 0 Å². The molecular weight excluding hydrogens is 200 g/mol. The van der Waals surface area contributed by atoms with Crippen LogP contribution in [0.3, 0.4) is 0 Å². The van der Waals surface area contributed by atoms with E-state index in [2.05, 4.69) is 36.7 Å². The third-order valence-electron chi connectivity index (χ3n) is 3.02. The van der Waals surface area contributed by atoms with Gasteiger partial charge in [0, 0.05) is 4.83 Å². The van der Waals surface area contributed by atoms with E-state index < -0.39 is 0 Å². The van der Waals surface area contributed by atoms with Crippen molar-refractivity contribution in [1.29, 1.82) is 0 Å². The van der Waals surface area contributed by atoms with Crippen LogP contribution in [0.5, 0.6) is 0 Å². The smallest absolute Gasteiger partial charge is 0.0122 e. The lowest BCUT2D eigenvalue weighted by Gasteiger charge is -2.41. The van der Waals surface area contributed by atoms with E-state index in [4.69, 9.17) is 0 Å². The molecule has 0 nitrogen and oxygen atoms in total. The van der Waals surface area contributed by atoms with Crippen molar-refractivity contribution < 1.29 is 0 Å². The van der Waals surface area contributed by atoms with Crippen molar-refractivity contribution in [1.82, 2.24) is 0 Å². The summed E-state index contributed by atoms with van der Waals surface area (Å²) in [5, 5.41) is 0. The Morgan fingerprint density at radius 1 is 1.45 bits per heavy atom. The van der Waals surface area contributed by atoms with Gasteiger partial charge in [-0.25, -0.2) is 0 Å². The van der Waals surface area contributed by atoms with Gasteiger partial charge < -0.3 is 0 Å². The van der Waals surface area contributed by atoms with E-state index in [0.29, 0.717) is 10.2 Å². The molecule has 1 rings (SSSR count). The van der Waals surface area contributed by atoms with E-state index in [1.165, 1.54) is 25.7 Å². The zero-order chi connectivity index (χ0) is 8.48. The Morgan fingerprint density at radius 3 is 2.27 bits per heavy atom. The number of alkyl halides is 1. The highest BCUT2D eigenvalue weighted by Crippen LogP contribution is 2.45. The van der Waals surface area contributed by atoms with Crippen molar-refractivity contribution in [2.45, 2.75) is 51.3 Å². The molecule has 0 aliphatic heterocycles. The quantitative estimate of drug-likeness (QED) is 0.629. The normalized spacial score (nSPS) is 22.9. The topological polar surface area (TPSA) is 0 Å². The predicted molar refractivity (Wildman–Crippen MR) is 54.1 cm³/mol. The summed E-state index contributed by atoms with van der Waals surface area (Å²) in [6.45, 7) is 7.07. The molecule has 0 heterocycles. The Balaban J connectivity index is 2.37. The lowest BCUT2D eigenvalue weighted by Crippen LogP contribution is -2.31. The highest BCUT2D eigenvalue weighted by molar-refractivity contribution is 9.09. The molecule has 0 bridgehead atoms. The van der Waals surface area contributed by atoms with Crippen LogP contribution in [0.2, 0.25) is 0 Å².